The predicted molar refractivity (Wildman–Crippen MR) is 88.6 cm³/mol. The average Bonchev–Trinajstić information content (AvgIpc) is 2.56. The summed E-state index contributed by atoms with van der Waals surface area (Å²) in [7, 11) is 1.71. The topological polar surface area (TPSA) is 46.5 Å². The van der Waals surface area contributed by atoms with Crippen molar-refractivity contribution in [1.29, 1.82) is 0 Å². The fourth-order valence-corrected chi connectivity index (χ4v) is 5.73. The molecule has 0 amide bonds. The molecule has 2 fully saturated rings. The Balaban J connectivity index is 1.72. The number of carbonyl (C=O) groups excluding carboxylic acids is 1. The van der Waals surface area contributed by atoms with Gasteiger partial charge >= 0.3 is 0 Å². The quantitative estimate of drug-likeness (QED) is 0.863. The molecule has 1 aromatic carbocycles. The van der Waals surface area contributed by atoms with Crippen LogP contribution in [0.15, 0.2) is 18.2 Å². The average molecular weight is 314 g/mol. The lowest BCUT2D eigenvalue weighted by atomic mass is 9.48. The molecule has 0 heterocycles. The van der Waals surface area contributed by atoms with Gasteiger partial charge in [0.05, 0.1) is 13.2 Å². The fraction of sp³-hybridized carbons (Fsp3) is 0.650. The van der Waals surface area contributed by atoms with Crippen molar-refractivity contribution in [2.75, 3.05) is 7.11 Å². The number of ether oxygens (including phenoxy) is 1. The summed E-state index contributed by atoms with van der Waals surface area (Å²) in [5.41, 5.74) is 2.89. The summed E-state index contributed by atoms with van der Waals surface area (Å²) in [6, 6.07) is 6.42. The lowest BCUT2D eigenvalue weighted by Gasteiger charge is -2.57. The minimum absolute atomic E-state index is 0.105. The summed E-state index contributed by atoms with van der Waals surface area (Å²) < 4.78 is 5.37. The van der Waals surface area contributed by atoms with E-state index in [0.717, 1.165) is 25.0 Å². The van der Waals surface area contributed by atoms with Crippen LogP contribution < -0.4 is 4.74 Å². The van der Waals surface area contributed by atoms with Crippen molar-refractivity contribution in [2.45, 2.75) is 57.5 Å². The highest BCUT2D eigenvalue weighted by molar-refractivity contribution is 5.79. The maximum Gasteiger partial charge on any atom is 0.133 e. The van der Waals surface area contributed by atoms with Gasteiger partial charge in [0.25, 0.3) is 0 Å². The Morgan fingerprint density at radius 3 is 2.87 bits per heavy atom. The molecule has 0 unspecified atom stereocenters. The Labute approximate surface area is 138 Å². The van der Waals surface area contributed by atoms with Gasteiger partial charge in [-0.15, -0.1) is 0 Å². The molecule has 0 radical (unpaired) electrons. The van der Waals surface area contributed by atoms with E-state index in [1.54, 1.807) is 7.11 Å². The van der Waals surface area contributed by atoms with Gasteiger partial charge in [0.1, 0.15) is 11.5 Å². The lowest BCUT2D eigenvalue weighted by Crippen LogP contribution is -2.53. The molecule has 0 spiro atoms. The van der Waals surface area contributed by atoms with E-state index in [2.05, 4.69) is 19.1 Å². The molecule has 4 rings (SSSR count). The number of aliphatic hydroxyl groups is 1. The number of rotatable bonds is 1. The number of hydrogen-bond acceptors (Lipinski definition) is 3. The number of fused-ring (bicyclic) bond motifs is 5. The second-order valence-electron chi connectivity index (χ2n) is 7.97. The first-order valence-electron chi connectivity index (χ1n) is 8.89. The Bertz CT molecular complexity index is 638. The molecule has 5 atom stereocenters. The van der Waals surface area contributed by atoms with Crippen molar-refractivity contribution in [2.24, 2.45) is 17.3 Å². The number of carbonyl (C=O) groups is 1. The third-order valence-corrected chi connectivity index (χ3v) is 7.00. The first-order valence-corrected chi connectivity index (χ1v) is 8.89. The third kappa shape index (κ3) is 2.24. The van der Waals surface area contributed by atoms with Crippen LogP contribution in [0.3, 0.4) is 0 Å². The molecule has 3 nitrogen and oxygen atoms in total. The van der Waals surface area contributed by atoms with E-state index in [1.807, 2.05) is 6.07 Å². The lowest BCUT2D eigenvalue weighted by molar-refractivity contribution is -0.139. The maximum atomic E-state index is 11.9. The van der Waals surface area contributed by atoms with E-state index in [-0.39, 0.29) is 17.4 Å². The van der Waals surface area contributed by atoms with Crippen LogP contribution in [0.25, 0.3) is 0 Å². The number of aryl methyl sites for hydroxylation is 1. The molecule has 3 aliphatic rings. The van der Waals surface area contributed by atoms with Gasteiger partial charge in [-0.25, -0.2) is 0 Å². The number of ketones is 1. The van der Waals surface area contributed by atoms with Crippen LogP contribution >= 0.6 is 0 Å². The van der Waals surface area contributed by atoms with Gasteiger partial charge in [-0.05, 0) is 72.1 Å². The number of benzene rings is 1. The summed E-state index contributed by atoms with van der Waals surface area (Å²) in [5.74, 6) is 2.43. The monoisotopic (exact) mass is 314 g/mol. The standard InChI is InChI=1S/C20H26O3/c1-20-8-7-13(21)10-18(20)19(22)11-16-15-5-4-14(23-2)9-12(15)3-6-17(16)20/h4-5,9,16-19,22H,3,6-8,10-11H2,1-2H3/t16-,17-,18+,19+,20+/m0/s1. The smallest absolute Gasteiger partial charge is 0.133 e. The molecular weight excluding hydrogens is 288 g/mol. The molecule has 3 aliphatic carbocycles. The minimum atomic E-state index is -0.349. The summed E-state index contributed by atoms with van der Waals surface area (Å²) in [6.45, 7) is 2.33. The van der Waals surface area contributed by atoms with Crippen molar-refractivity contribution in [1.82, 2.24) is 0 Å². The molecule has 0 aliphatic heterocycles. The second kappa shape index (κ2) is 5.34. The highest BCUT2D eigenvalue weighted by Crippen LogP contribution is 2.60. The molecule has 0 bridgehead atoms. The Morgan fingerprint density at radius 1 is 1.26 bits per heavy atom. The van der Waals surface area contributed by atoms with Crippen LogP contribution in [-0.2, 0) is 11.2 Å². The van der Waals surface area contributed by atoms with E-state index < -0.39 is 0 Å². The number of hydrogen-bond donors (Lipinski definition) is 1. The molecule has 2 saturated carbocycles. The summed E-state index contributed by atoms with van der Waals surface area (Å²) >= 11 is 0. The van der Waals surface area contributed by atoms with Gasteiger partial charge in [-0.1, -0.05) is 13.0 Å². The van der Waals surface area contributed by atoms with Crippen LogP contribution in [0, 0.1) is 17.3 Å². The normalized spacial score (nSPS) is 39.2. The molecule has 0 aromatic heterocycles. The zero-order chi connectivity index (χ0) is 16.2. The zero-order valence-corrected chi connectivity index (χ0v) is 14.0. The van der Waals surface area contributed by atoms with Gasteiger partial charge in [-0.3, -0.25) is 4.79 Å². The maximum absolute atomic E-state index is 11.9. The second-order valence-corrected chi connectivity index (χ2v) is 7.97. The largest absolute Gasteiger partial charge is 0.497 e. The van der Waals surface area contributed by atoms with Crippen LogP contribution in [0.2, 0.25) is 0 Å². The van der Waals surface area contributed by atoms with Gasteiger partial charge in [0, 0.05) is 12.8 Å². The first-order chi connectivity index (χ1) is 11.0. The van der Waals surface area contributed by atoms with Gasteiger partial charge in [-0.2, -0.15) is 0 Å². The molecular formula is C20H26O3. The number of aliphatic hydroxyl groups excluding tert-OH is 1. The predicted octanol–water partition coefficient (Wildman–Crippen LogP) is 3.48. The summed E-state index contributed by atoms with van der Waals surface area (Å²) in [5, 5.41) is 10.8. The number of Topliss-reactive ketones (excluding diaryl/α,β-unsaturated/α-hetero) is 1. The highest BCUT2D eigenvalue weighted by Gasteiger charge is 2.55. The van der Waals surface area contributed by atoms with Crippen molar-refractivity contribution in [3.05, 3.63) is 29.3 Å². The summed E-state index contributed by atoms with van der Waals surface area (Å²) in [4.78, 5) is 11.9. The van der Waals surface area contributed by atoms with Crippen molar-refractivity contribution in [3.63, 3.8) is 0 Å². The van der Waals surface area contributed by atoms with Gasteiger partial charge in [0.2, 0.25) is 0 Å². The Kier molecular flexibility index (Phi) is 3.53. The molecule has 3 heteroatoms. The van der Waals surface area contributed by atoms with Crippen LogP contribution in [-0.4, -0.2) is 24.1 Å². The third-order valence-electron chi connectivity index (χ3n) is 7.00. The molecule has 124 valence electrons. The minimum Gasteiger partial charge on any atom is -0.497 e. The Morgan fingerprint density at radius 2 is 2.09 bits per heavy atom. The zero-order valence-electron chi connectivity index (χ0n) is 14.0. The van der Waals surface area contributed by atoms with E-state index in [0.29, 0.717) is 30.5 Å². The van der Waals surface area contributed by atoms with Crippen molar-refractivity contribution >= 4 is 5.78 Å². The number of methoxy groups -OCH3 is 1. The highest BCUT2D eigenvalue weighted by atomic mass is 16.5. The van der Waals surface area contributed by atoms with E-state index in [1.165, 1.54) is 17.5 Å². The van der Waals surface area contributed by atoms with Crippen LogP contribution in [0.4, 0.5) is 0 Å². The summed E-state index contributed by atoms with van der Waals surface area (Å²) in [6.07, 6.45) is 4.92. The van der Waals surface area contributed by atoms with E-state index in [4.69, 9.17) is 4.74 Å². The van der Waals surface area contributed by atoms with Crippen LogP contribution in [0.1, 0.15) is 56.1 Å². The van der Waals surface area contributed by atoms with Crippen LogP contribution in [0.5, 0.6) is 5.75 Å². The first kappa shape index (κ1) is 15.2. The van der Waals surface area contributed by atoms with E-state index in [9.17, 15) is 9.90 Å². The molecule has 1 N–H and O–H groups in total. The van der Waals surface area contributed by atoms with Gasteiger partial charge in [0.15, 0.2) is 0 Å². The van der Waals surface area contributed by atoms with Gasteiger partial charge < -0.3 is 9.84 Å². The Hall–Kier alpha value is -1.35. The van der Waals surface area contributed by atoms with E-state index >= 15 is 0 Å². The molecule has 23 heavy (non-hydrogen) atoms. The SMILES string of the molecule is COc1ccc2c(c1)CC[C@H]1[C@H]2C[C@@H](O)[C@H]2CC(=O)CC[C@@]21C. The molecule has 0 saturated heterocycles. The van der Waals surface area contributed by atoms with Crippen molar-refractivity contribution in [3.8, 4) is 5.75 Å². The molecule has 1 aromatic rings. The van der Waals surface area contributed by atoms with Crippen molar-refractivity contribution < 1.29 is 14.6 Å². The fourth-order valence-electron chi connectivity index (χ4n) is 5.73.